The van der Waals surface area contributed by atoms with Crippen molar-refractivity contribution in [2.24, 2.45) is 0 Å². The van der Waals surface area contributed by atoms with Crippen LogP contribution in [0.4, 0.5) is 10.5 Å². The first-order chi connectivity index (χ1) is 12.5. The van der Waals surface area contributed by atoms with E-state index in [2.05, 4.69) is 5.32 Å². The number of β-amino-alcohol motifs (C(OH)–C–C–N with tert-alkyl or cyclic N) is 1. The third kappa shape index (κ3) is 4.53. The molecule has 2 aromatic carbocycles. The molecule has 0 aromatic heterocycles. The van der Waals surface area contributed by atoms with Gasteiger partial charge in [0.2, 0.25) is 0 Å². The molecule has 0 aliphatic carbocycles. The number of carbonyl (C=O) groups is 2. The lowest BCUT2D eigenvalue weighted by molar-refractivity contribution is -0.149. The van der Waals surface area contributed by atoms with Gasteiger partial charge in [-0.1, -0.05) is 41.9 Å². The first kappa shape index (κ1) is 18.2. The van der Waals surface area contributed by atoms with Gasteiger partial charge in [0.15, 0.2) is 0 Å². The molecule has 2 atom stereocenters. The van der Waals surface area contributed by atoms with Gasteiger partial charge in [-0.05, 0) is 29.8 Å². The number of nitrogens with one attached hydrogen (secondary N) is 1. The fraction of sp³-hybridized carbons (Fsp3) is 0.263. The van der Waals surface area contributed by atoms with Crippen LogP contribution in [-0.4, -0.2) is 40.7 Å². The molecule has 1 saturated heterocycles. The zero-order valence-corrected chi connectivity index (χ0v) is 14.7. The van der Waals surface area contributed by atoms with E-state index in [1.807, 2.05) is 30.3 Å². The van der Waals surface area contributed by atoms with Crippen molar-refractivity contribution in [3.8, 4) is 0 Å². The van der Waals surface area contributed by atoms with Gasteiger partial charge in [0.25, 0.3) is 0 Å². The fourth-order valence-electron chi connectivity index (χ4n) is 2.82. The summed E-state index contributed by atoms with van der Waals surface area (Å²) in [5, 5.41) is 13.2. The summed E-state index contributed by atoms with van der Waals surface area (Å²) in [6.45, 7) is 0.198. The van der Waals surface area contributed by atoms with Crippen LogP contribution in [0.25, 0.3) is 0 Å². The van der Waals surface area contributed by atoms with Crippen molar-refractivity contribution in [1.82, 2.24) is 4.90 Å². The van der Waals surface area contributed by atoms with Crippen LogP contribution in [0.15, 0.2) is 54.6 Å². The van der Waals surface area contributed by atoms with Crippen molar-refractivity contribution in [2.45, 2.75) is 25.2 Å². The summed E-state index contributed by atoms with van der Waals surface area (Å²) in [4.78, 5) is 26.2. The molecule has 0 radical (unpaired) electrons. The number of amides is 2. The molecule has 2 N–H and O–H groups in total. The van der Waals surface area contributed by atoms with E-state index in [-0.39, 0.29) is 19.6 Å². The van der Waals surface area contributed by atoms with Gasteiger partial charge in [-0.25, -0.2) is 9.59 Å². The molecule has 0 spiro atoms. The molecular formula is C19H19ClN2O4. The number of ether oxygens (including phenoxy) is 1. The number of esters is 1. The maximum absolute atomic E-state index is 12.5. The Hall–Kier alpha value is -2.57. The van der Waals surface area contributed by atoms with Crippen LogP contribution in [0.5, 0.6) is 0 Å². The van der Waals surface area contributed by atoms with Crippen LogP contribution in [0.1, 0.15) is 12.0 Å². The number of anilines is 1. The number of carbonyl (C=O) groups excluding carboxylic acids is 2. The van der Waals surface area contributed by atoms with Crippen LogP contribution >= 0.6 is 11.6 Å². The summed E-state index contributed by atoms with van der Waals surface area (Å²) in [5.41, 5.74) is 1.41. The van der Waals surface area contributed by atoms with E-state index in [9.17, 15) is 14.7 Å². The number of halogens is 1. The molecule has 1 unspecified atom stereocenters. The normalized spacial score (nSPS) is 19.2. The molecule has 0 bridgehead atoms. The van der Waals surface area contributed by atoms with Crippen molar-refractivity contribution >= 4 is 29.3 Å². The molecule has 7 heteroatoms. The summed E-state index contributed by atoms with van der Waals surface area (Å²) in [5.74, 6) is -0.531. The number of nitrogens with zero attached hydrogens (tertiary/aromatic N) is 1. The Morgan fingerprint density at radius 1 is 1.15 bits per heavy atom. The SMILES string of the molecule is O=C(OCc1ccccc1)C1C[C@@H](O)CN1C(=O)Nc1ccc(Cl)cc1. The second-order valence-electron chi connectivity index (χ2n) is 6.09. The van der Waals surface area contributed by atoms with Gasteiger partial charge in [0.05, 0.1) is 6.10 Å². The van der Waals surface area contributed by atoms with E-state index in [4.69, 9.17) is 16.3 Å². The van der Waals surface area contributed by atoms with Crippen LogP contribution in [0.2, 0.25) is 5.02 Å². The number of hydrogen-bond donors (Lipinski definition) is 2. The molecule has 2 amide bonds. The lowest BCUT2D eigenvalue weighted by atomic mass is 10.2. The zero-order chi connectivity index (χ0) is 18.5. The van der Waals surface area contributed by atoms with Gasteiger partial charge in [0.1, 0.15) is 12.6 Å². The average Bonchev–Trinajstić information content (AvgIpc) is 3.04. The van der Waals surface area contributed by atoms with E-state index in [0.29, 0.717) is 10.7 Å². The number of aliphatic hydroxyl groups is 1. The predicted molar refractivity (Wildman–Crippen MR) is 97.8 cm³/mol. The summed E-state index contributed by atoms with van der Waals surface area (Å²) >= 11 is 5.83. The molecule has 1 aliphatic rings. The second kappa shape index (κ2) is 8.21. The lowest BCUT2D eigenvalue weighted by Gasteiger charge is -2.23. The minimum absolute atomic E-state index is 0.0739. The molecule has 1 aliphatic heterocycles. The van der Waals surface area contributed by atoms with Gasteiger partial charge < -0.3 is 20.1 Å². The third-order valence-corrected chi connectivity index (χ3v) is 4.38. The number of hydrogen-bond acceptors (Lipinski definition) is 4. The van der Waals surface area contributed by atoms with Crippen molar-refractivity contribution in [3.63, 3.8) is 0 Å². The number of urea groups is 1. The Kier molecular flexibility index (Phi) is 5.75. The van der Waals surface area contributed by atoms with E-state index in [1.54, 1.807) is 24.3 Å². The molecule has 6 nitrogen and oxygen atoms in total. The first-order valence-corrected chi connectivity index (χ1v) is 8.62. The molecular weight excluding hydrogens is 356 g/mol. The van der Waals surface area contributed by atoms with Crippen LogP contribution in [0, 0.1) is 0 Å². The third-order valence-electron chi connectivity index (χ3n) is 4.13. The molecule has 26 heavy (non-hydrogen) atoms. The van der Waals surface area contributed by atoms with E-state index in [1.165, 1.54) is 4.90 Å². The summed E-state index contributed by atoms with van der Waals surface area (Å²) < 4.78 is 5.32. The highest BCUT2D eigenvalue weighted by atomic mass is 35.5. The minimum Gasteiger partial charge on any atom is -0.459 e. The topological polar surface area (TPSA) is 78.9 Å². The van der Waals surface area contributed by atoms with Crippen molar-refractivity contribution in [1.29, 1.82) is 0 Å². The van der Waals surface area contributed by atoms with Crippen molar-refractivity contribution in [2.75, 3.05) is 11.9 Å². The number of benzene rings is 2. The Labute approximate surface area is 156 Å². The molecule has 1 fully saturated rings. The maximum Gasteiger partial charge on any atom is 0.329 e. The molecule has 2 aromatic rings. The highest BCUT2D eigenvalue weighted by Gasteiger charge is 2.40. The van der Waals surface area contributed by atoms with Crippen LogP contribution in [-0.2, 0) is 16.1 Å². The standard InChI is InChI=1S/C19H19ClN2O4/c20-14-6-8-15(9-7-14)21-19(25)22-11-16(23)10-17(22)18(24)26-12-13-4-2-1-3-5-13/h1-9,16-17,23H,10-12H2,(H,21,25)/t16-,17?/m1/s1. The van der Waals surface area contributed by atoms with Crippen LogP contribution in [0.3, 0.4) is 0 Å². The monoisotopic (exact) mass is 374 g/mol. The van der Waals surface area contributed by atoms with E-state index >= 15 is 0 Å². The predicted octanol–water partition coefficient (Wildman–Crippen LogP) is 3.05. The zero-order valence-electron chi connectivity index (χ0n) is 14.0. The Balaban J connectivity index is 1.62. The van der Waals surface area contributed by atoms with Gasteiger partial charge in [0, 0.05) is 23.7 Å². The van der Waals surface area contributed by atoms with Gasteiger partial charge >= 0.3 is 12.0 Å². The van der Waals surface area contributed by atoms with Gasteiger partial charge in [-0.3, -0.25) is 0 Å². The number of rotatable bonds is 4. The fourth-order valence-corrected chi connectivity index (χ4v) is 2.94. The molecule has 136 valence electrons. The number of likely N-dealkylation sites (tertiary alicyclic amines) is 1. The largest absolute Gasteiger partial charge is 0.459 e. The lowest BCUT2D eigenvalue weighted by Crippen LogP contribution is -2.43. The smallest absolute Gasteiger partial charge is 0.329 e. The van der Waals surface area contributed by atoms with Crippen LogP contribution < -0.4 is 5.32 Å². The Bertz CT molecular complexity index is 767. The van der Waals surface area contributed by atoms with Gasteiger partial charge in [-0.15, -0.1) is 0 Å². The molecule has 0 saturated carbocycles. The first-order valence-electron chi connectivity index (χ1n) is 8.25. The van der Waals surface area contributed by atoms with E-state index < -0.39 is 24.1 Å². The highest BCUT2D eigenvalue weighted by molar-refractivity contribution is 6.30. The minimum atomic E-state index is -0.819. The highest BCUT2D eigenvalue weighted by Crippen LogP contribution is 2.22. The summed E-state index contributed by atoms with van der Waals surface area (Å²) in [6, 6.07) is 14.6. The summed E-state index contributed by atoms with van der Waals surface area (Å²) in [7, 11) is 0. The van der Waals surface area contributed by atoms with E-state index in [0.717, 1.165) is 5.56 Å². The molecule has 1 heterocycles. The number of aliphatic hydroxyl groups excluding tert-OH is 1. The molecule has 3 rings (SSSR count). The van der Waals surface area contributed by atoms with Crippen molar-refractivity contribution < 1.29 is 19.4 Å². The second-order valence-corrected chi connectivity index (χ2v) is 6.52. The Morgan fingerprint density at radius 2 is 1.85 bits per heavy atom. The maximum atomic E-state index is 12.5. The average molecular weight is 375 g/mol. The van der Waals surface area contributed by atoms with Gasteiger partial charge in [-0.2, -0.15) is 0 Å². The van der Waals surface area contributed by atoms with Crippen molar-refractivity contribution in [3.05, 3.63) is 65.2 Å². The quantitative estimate of drug-likeness (QED) is 0.806. The Morgan fingerprint density at radius 3 is 2.54 bits per heavy atom. The summed E-state index contributed by atoms with van der Waals surface area (Å²) in [6.07, 6.45) is -0.609.